The molecule has 20 heavy (non-hydrogen) atoms. The van der Waals surface area contributed by atoms with E-state index in [2.05, 4.69) is 10.2 Å². The summed E-state index contributed by atoms with van der Waals surface area (Å²) in [6.07, 6.45) is 9.05. The first-order valence-electron chi connectivity index (χ1n) is 8.31. The smallest absolute Gasteiger partial charge is 0.223 e. The summed E-state index contributed by atoms with van der Waals surface area (Å²) in [5.74, 6) is 1.09. The highest BCUT2D eigenvalue weighted by Gasteiger charge is 2.35. The van der Waals surface area contributed by atoms with Crippen molar-refractivity contribution in [1.82, 2.24) is 10.2 Å². The Kier molecular flexibility index (Phi) is 5.85. The lowest BCUT2D eigenvalue weighted by atomic mass is 9.71. The number of carbonyl (C=O) groups is 1. The van der Waals surface area contributed by atoms with E-state index in [1.165, 1.54) is 19.3 Å². The van der Waals surface area contributed by atoms with Crippen LogP contribution in [0.4, 0.5) is 0 Å². The van der Waals surface area contributed by atoms with E-state index >= 15 is 0 Å². The number of nitrogens with zero attached hydrogens (tertiary/aromatic N) is 1. The molecule has 0 aromatic rings. The van der Waals surface area contributed by atoms with Crippen molar-refractivity contribution in [2.45, 2.75) is 51.4 Å². The van der Waals surface area contributed by atoms with Gasteiger partial charge in [-0.1, -0.05) is 19.3 Å². The third-order valence-corrected chi connectivity index (χ3v) is 5.33. The fourth-order valence-corrected chi connectivity index (χ4v) is 3.86. The van der Waals surface area contributed by atoms with Crippen LogP contribution in [0, 0.1) is 11.3 Å². The minimum Gasteiger partial charge on any atom is -0.343 e. The fourth-order valence-electron chi connectivity index (χ4n) is 3.86. The average molecular weight is 281 g/mol. The lowest BCUT2D eigenvalue weighted by Crippen LogP contribution is -2.44. The largest absolute Gasteiger partial charge is 0.343 e. The first-order valence-corrected chi connectivity index (χ1v) is 8.31. The molecule has 2 fully saturated rings. The number of piperidine rings is 1. The second kappa shape index (κ2) is 7.41. The van der Waals surface area contributed by atoms with Crippen molar-refractivity contribution in [1.29, 1.82) is 0 Å². The maximum atomic E-state index is 12.5. The van der Waals surface area contributed by atoms with Gasteiger partial charge in [0.25, 0.3) is 0 Å². The van der Waals surface area contributed by atoms with Gasteiger partial charge in [0.2, 0.25) is 5.91 Å². The highest BCUT2D eigenvalue weighted by atomic mass is 16.2. The molecule has 0 spiro atoms. The van der Waals surface area contributed by atoms with Gasteiger partial charge in [0.1, 0.15) is 0 Å². The highest BCUT2D eigenvalue weighted by molar-refractivity contribution is 5.77. The molecule has 0 aromatic heterocycles. The van der Waals surface area contributed by atoms with Crippen LogP contribution in [0.3, 0.4) is 0 Å². The van der Waals surface area contributed by atoms with Crippen LogP contribution in [0.15, 0.2) is 0 Å². The summed E-state index contributed by atoms with van der Waals surface area (Å²) in [4.78, 5) is 14.6. The summed E-state index contributed by atoms with van der Waals surface area (Å²) < 4.78 is 0. The molecule has 4 heteroatoms. The lowest BCUT2D eigenvalue weighted by molar-refractivity contribution is -0.135. The van der Waals surface area contributed by atoms with Gasteiger partial charge in [-0.15, -0.1) is 0 Å². The number of likely N-dealkylation sites (tertiary alicyclic amines) is 1. The predicted octanol–water partition coefficient (Wildman–Crippen LogP) is 1.74. The monoisotopic (exact) mass is 281 g/mol. The van der Waals surface area contributed by atoms with E-state index in [-0.39, 0.29) is 5.41 Å². The Bertz CT molecular complexity index is 305. The van der Waals surface area contributed by atoms with Crippen LogP contribution in [0.2, 0.25) is 0 Å². The Balaban J connectivity index is 1.82. The van der Waals surface area contributed by atoms with Gasteiger partial charge >= 0.3 is 0 Å². The van der Waals surface area contributed by atoms with E-state index in [0.29, 0.717) is 18.9 Å². The van der Waals surface area contributed by atoms with Crippen LogP contribution in [-0.2, 0) is 4.79 Å². The van der Waals surface area contributed by atoms with Gasteiger partial charge in [0, 0.05) is 19.5 Å². The Hall–Kier alpha value is -0.610. The Morgan fingerprint density at radius 2 is 1.90 bits per heavy atom. The molecule has 0 unspecified atom stereocenters. The van der Waals surface area contributed by atoms with Crippen LogP contribution in [0.25, 0.3) is 0 Å². The lowest BCUT2D eigenvalue weighted by Gasteiger charge is -2.39. The number of carbonyl (C=O) groups excluding carboxylic acids is 1. The van der Waals surface area contributed by atoms with Gasteiger partial charge in [-0.25, -0.2) is 0 Å². The molecule has 3 N–H and O–H groups in total. The average Bonchev–Trinajstić information content (AvgIpc) is 2.49. The summed E-state index contributed by atoms with van der Waals surface area (Å²) in [6, 6.07) is 0. The van der Waals surface area contributed by atoms with E-state index < -0.39 is 0 Å². The molecule has 1 heterocycles. The van der Waals surface area contributed by atoms with Gasteiger partial charge in [-0.2, -0.15) is 0 Å². The van der Waals surface area contributed by atoms with Crippen molar-refractivity contribution in [3.63, 3.8) is 0 Å². The third kappa shape index (κ3) is 3.95. The minimum atomic E-state index is 0.108. The van der Waals surface area contributed by atoms with Gasteiger partial charge in [-0.05, 0) is 57.2 Å². The SMILES string of the molecule is CNCC1CCN(C(=O)CC2(CN)CCCCC2)CC1. The standard InChI is InChI=1S/C16H31N3O/c1-18-12-14-5-9-19(10-6-14)15(20)11-16(13-17)7-3-2-4-8-16/h14,18H,2-13,17H2,1H3. The minimum absolute atomic E-state index is 0.108. The van der Waals surface area contributed by atoms with Crippen molar-refractivity contribution in [3.05, 3.63) is 0 Å². The molecule has 1 saturated carbocycles. The molecular weight excluding hydrogens is 250 g/mol. The molecule has 0 radical (unpaired) electrons. The zero-order valence-corrected chi connectivity index (χ0v) is 13.0. The van der Waals surface area contributed by atoms with E-state index in [1.54, 1.807) is 0 Å². The zero-order valence-electron chi connectivity index (χ0n) is 13.0. The molecular formula is C16H31N3O. The Morgan fingerprint density at radius 1 is 1.25 bits per heavy atom. The van der Waals surface area contributed by atoms with Crippen LogP contribution in [0.1, 0.15) is 51.4 Å². The number of amides is 1. The van der Waals surface area contributed by atoms with Gasteiger partial charge in [0.05, 0.1) is 0 Å². The van der Waals surface area contributed by atoms with Crippen LogP contribution >= 0.6 is 0 Å². The predicted molar refractivity (Wildman–Crippen MR) is 82.4 cm³/mol. The molecule has 4 nitrogen and oxygen atoms in total. The van der Waals surface area contributed by atoms with E-state index in [0.717, 1.165) is 51.2 Å². The summed E-state index contributed by atoms with van der Waals surface area (Å²) in [7, 11) is 2.01. The number of nitrogens with one attached hydrogen (secondary N) is 1. The molecule has 0 bridgehead atoms. The normalized spacial score (nSPS) is 23.8. The molecule has 2 aliphatic rings. The van der Waals surface area contributed by atoms with Crippen LogP contribution in [0.5, 0.6) is 0 Å². The van der Waals surface area contributed by atoms with Crippen molar-refractivity contribution in [2.24, 2.45) is 17.1 Å². The van der Waals surface area contributed by atoms with Crippen molar-refractivity contribution in [2.75, 3.05) is 33.2 Å². The summed E-state index contributed by atoms with van der Waals surface area (Å²) in [5, 5.41) is 3.24. The molecule has 1 aliphatic heterocycles. The first kappa shape index (κ1) is 15.8. The fraction of sp³-hybridized carbons (Fsp3) is 0.938. The van der Waals surface area contributed by atoms with Crippen molar-refractivity contribution >= 4 is 5.91 Å². The highest BCUT2D eigenvalue weighted by Crippen LogP contribution is 2.39. The number of nitrogens with two attached hydrogens (primary N) is 1. The molecule has 1 aliphatic carbocycles. The van der Waals surface area contributed by atoms with E-state index in [9.17, 15) is 4.79 Å². The number of rotatable bonds is 5. The zero-order chi connectivity index (χ0) is 14.4. The Morgan fingerprint density at radius 3 is 2.45 bits per heavy atom. The number of hydrogen-bond donors (Lipinski definition) is 2. The van der Waals surface area contributed by atoms with Gasteiger partial charge < -0.3 is 16.0 Å². The summed E-state index contributed by atoms with van der Waals surface area (Å²) in [6.45, 7) is 3.63. The van der Waals surface area contributed by atoms with Crippen LogP contribution in [-0.4, -0.2) is 44.0 Å². The second-order valence-electron chi connectivity index (χ2n) is 6.82. The van der Waals surface area contributed by atoms with Crippen molar-refractivity contribution < 1.29 is 4.79 Å². The van der Waals surface area contributed by atoms with Crippen LogP contribution < -0.4 is 11.1 Å². The maximum absolute atomic E-state index is 12.5. The first-order chi connectivity index (χ1) is 9.69. The molecule has 0 aromatic carbocycles. The molecule has 0 atom stereocenters. The second-order valence-corrected chi connectivity index (χ2v) is 6.82. The molecule has 1 saturated heterocycles. The quantitative estimate of drug-likeness (QED) is 0.807. The maximum Gasteiger partial charge on any atom is 0.223 e. The summed E-state index contributed by atoms with van der Waals surface area (Å²) in [5.41, 5.74) is 6.11. The van der Waals surface area contributed by atoms with E-state index in [1.807, 2.05) is 7.05 Å². The van der Waals surface area contributed by atoms with Crippen molar-refractivity contribution in [3.8, 4) is 0 Å². The number of hydrogen-bond acceptors (Lipinski definition) is 3. The Labute approximate surface area is 123 Å². The summed E-state index contributed by atoms with van der Waals surface area (Å²) >= 11 is 0. The topological polar surface area (TPSA) is 58.4 Å². The third-order valence-electron chi connectivity index (χ3n) is 5.33. The molecule has 2 rings (SSSR count). The van der Waals surface area contributed by atoms with Gasteiger partial charge in [-0.3, -0.25) is 4.79 Å². The van der Waals surface area contributed by atoms with E-state index in [4.69, 9.17) is 5.73 Å². The van der Waals surface area contributed by atoms with Gasteiger partial charge in [0.15, 0.2) is 0 Å². The molecule has 1 amide bonds. The molecule has 116 valence electrons.